The van der Waals surface area contributed by atoms with Crippen molar-refractivity contribution in [1.29, 1.82) is 0 Å². The van der Waals surface area contributed by atoms with Crippen molar-refractivity contribution in [3.63, 3.8) is 0 Å². The van der Waals surface area contributed by atoms with Gasteiger partial charge >= 0.3 is 0 Å². The number of anilines is 1. The number of hydrogen-bond acceptors (Lipinski definition) is 4. The first-order valence-electron chi connectivity index (χ1n) is 11.7. The summed E-state index contributed by atoms with van der Waals surface area (Å²) < 4.78 is 28.0. The summed E-state index contributed by atoms with van der Waals surface area (Å²) in [5.41, 5.74) is 5.91. The monoisotopic (exact) mass is 509 g/mol. The van der Waals surface area contributed by atoms with Crippen LogP contribution in [0.3, 0.4) is 0 Å². The molecule has 0 radical (unpaired) electrons. The maximum atomic E-state index is 12.8. The van der Waals surface area contributed by atoms with Gasteiger partial charge in [0.2, 0.25) is 0 Å². The zero-order valence-corrected chi connectivity index (χ0v) is 21.1. The van der Waals surface area contributed by atoms with E-state index in [9.17, 15) is 13.2 Å². The second-order valence-electron chi connectivity index (χ2n) is 8.71. The zero-order chi connectivity index (χ0) is 24.8. The second-order valence-corrected chi connectivity index (χ2v) is 10.8. The molecular formula is C27H28ClN3O3S. The van der Waals surface area contributed by atoms with Gasteiger partial charge in [0.15, 0.2) is 0 Å². The number of carbonyl (C=O) groups excluding carboxylic acids is 1. The van der Waals surface area contributed by atoms with Crippen LogP contribution in [0.1, 0.15) is 66.4 Å². The molecule has 182 valence electrons. The molecule has 0 aromatic heterocycles. The van der Waals surface area contributed by atoms with E-state index in [0.717, 1.165) is 5.56 Å². The molecule has 0 heterocycles. The Morgan fingerprint density at radius 1 is 0.914 bits per heavy atom. The van der Waals surface area contributed by atoms with E-state index in [0.29, 0.717) is 11.6 Å². The lowest BCUT2D eigenvalue weighted by Gasteiger charge is -2.22. The Morgan fingerprint density at radius 2 is 1.63 bits per heavy atom. The fourth-order valence-electron chi connectivity index (χ4n) is 4.25. The number of para-hydroxylation sites is 1. The predicted molar refractivity (Wildman–Crippen MR) is 141 cm³/mol. The Kier molecular flexibility index (Phi) is 7.88. The number of nitrogens with zero attached hydrogens (tertiary/aromatic N) is 1. The molecule has 1 aliphatic rings. The highest BCUT2D eigenvalue weighted by atomic mass is 35.5. The minimum atomic E-state index is -3.93. The first-order chi connectivity index (χ1) is 16.8. The lowest BCUT2D eigenvalue weighted by molar-refractivity contribution is 0.0954. The third-order valence-corrected chi connectivity index (χ3v) is 7.95. The van der Waals surface area contributed by atoms with Gasteiger partial charge in [-0.15, -0.1) is 0 Å². The normalized spacial score (nSPS) is 15.0. The van der Waals surface area contributed by atoms with Crippen LogP contribution in [0.25, 0.3) is 0 Å². The highest BCUT2D eigenvalue weighted by Gasteiger charge is 2.18. The van der Waals surface area contributed by atoms with Crippen LogP contribution in [0, 0.1) is 0 Å². The maximum Gasteiger partial charge on any atom is 0.271 e. The maximum absolute atomic E-state index is 12.8. The summed E-state index contributed by atoms with van der Waals surface area (Å²) in [6, 6.07) is 20.7. The fraction of sp³-hybridized carbons (Fsp3) is 0.259. The third-order valence-electron chi connectivity index (χ3n) is 6.25. The molecule has 3 aromatic carbocycles. The number of nitrogens with one attached hydrogen (secondary N) is 2. The Balaban J connectivity index is 1.43. The van der Waals surface area contributed by atoms with E-state index in [1.165, 1.54) is 61.9 Å². The molecule has 0 unspecified atom stereocenters. The van der Waals surface area contributed by atoms with Gasteiger partial charge in [-0.25, -0.2) is 13.8 Å². The van der Waals surface area contributed by atoms with Crippen molar-refractivity contribution >= 4 is 38.9 Å². The van der Waals surface area contributed by atoms with E-state index in [-0.39, 0.29) is 21.2 Å². The van der Waals surface area contributed by atoms with Crippen LogP contribution in [0.4, 0.5) is 5.69 Å². The molecule has 3 aromatic rings. The van der Waals surface area contributed by atoms with Crippen LogP contribution >= 0.6 is 11.6 Å². The molecule has 1 aliphatic carbocycles. The van der Waals surface area contributed by atoms with E-state index in [1.54, 1.807) is 24.3 Å². The molecule has 1 saturated carbocycles. The quantitative estimate of drug-likeness (QED) is 0.287. The SMILES string of the molecule is C/C(=N\NC(=O)c1cccc(S(=O)(=O)Nc2ccccc2Cl)c1)c1ccc(C2CCCCC2)cc1. The van der Waals surface area contributed by atoms with Crippen molar-refractivity contribution in [2.75, 3.05) is 4.72 Å². The van der Waals surface area contributed by atoms with Gasteiger partial charge in [0.25, 0.3) is 15.9 Å². The predicted octanol–water partition coefficient (Wildman–Crippen LogP) is 6.34. The Hall–Kier alpha value is -3.16. The lowest BCUT2D eigenvalue weighted by Crippen LogP contribution is -2.20. The lowest BCUT2D eigenvalue weighted by atomic mass is 9.84. The van der Waals surface area contributed by atoms with Crippen LogP contribution in [-0.4, -0.2) is 20.0 Å². The van der Waals surface area contributed by atoms with Gasteiger partial charge in [-0.3, -0.25) is 9.52 Å². The van der Waals surface area contributed by atoms with E-state index in [1.807, 2.05) is 19.1 Å². The summed E-state index contributed by atoms with van der Waals surface area (Å²) in [7, 11) is -3.93. The first-order valence-corrected chi connectivity index (χ1v) is 13.5. The summed E-state index contributed by atoms with van der Waals surface area (Å²) in [4.78, 5) is 12.6. The number of carbonyl (C=O) groups is 1. The largest absolute Gasteiger partial charge is 0.278 e. The van der Waals surface area contributed by atoms with E-state index >= 15 is 0 Å². The summed E-state index contributed by atoms with van der Waals surface area (Å²) in [5.74, 6) is 0.128. The Morgan fingerprint density at radius 3 is 2.34 bits per heavy atom. The van der Waals surface area contributed by atoms with Crippen LogP contribution in [0.15, 0.2) is 82.8 Å². The summed E-state index contributed by atoms with van der Waals surface area (Å²) in [6.45, 7) is 1.82. The molecular weight excluding hydrogens is 482 g/mol. The van der Waals surface area contributed by atoms with Gasteiger partial charge in [-0.2, -0.15) is 5.10 Å². The topological polar surface area (TPSA) is 87.6 Å². The molecule has 1 fully saturated rings. The minimum Gasteiger partial charge on any atom is -0.278 e. The molecule has 4 rings (SSSR count). The van der Waals surface area contributed by atoms with Crippen LogP contribution in [0.5, 0.6) is 0 Å². The smallest absolute Gasteiger partial charge is 0.271 e. The summed E-state index contributed by atoms with van der Waals surface area (Å²) in [6.07, 6.45) is 6.39. The highest BCUT2D eigenvalue weighted by Crippen LogP contribution is 2.32. The number of sulfonamides is 1. The van der Waals surface area contributed by atoms with Gasteiger partial charge in [-0.05, 0) is 67.1 Å². The Bertz CT molecular complexity index is 1330. The molecule has 0 bridgehead atoms. The standard InChI is InChI=1S/C27H28ClN3O3S/c1-19(20-14-16-22(17-15-20)21-8-3-2-4-9-21)29-30-27(32)23-10-7-11-24(18-23)35(33,34)31-26-13-6-5-12-25(26)28/h5-7,10-18,21,31H,2-4,8-9H2,1H3,(H,30,32)/b29-19+. The average Bonchev–Trinajstić information content (AvgIpc) is 2.89. The van der Waals surface area contributed by atoms with Gasteiger partial charge in [0.1, 0.15) is 0 Å². The Labute approximate surface area is 211 Å². The molecule has 35 heavy (non-hydrogen) atoms. The van der Waals surface area contributed by atoms with Crippen molar-refractivity contribution in [2.24, 2.45) is 5.10 Å². The summed E-state index contributed by atoms with van der Waals surface area (Å²) in [5, 5.41) is 4.50. The minimum absolute atomic E-state index is 0.0518. The van der Waals surface area contributed by atoms with E-state index < -0.39 is 15.9 Å². The highest BCUT2D eigenvalue weighted by molar-refractivity contribution is 7.92. The average molecular weight is 510 g/mol. The molecule has 0 atom stereocenters. The number of hydrazone groups is 1. The van der Waals surface area contributed by atoms with Gasteiger partial charge in [0.05, 0.1) is 21.3 Å². The van der Waals surface area contributed by atoms with Crippen LogP contribution in [0.2, 0.25) is 5.02 Å². The van der Waals surface area contributed by atoms with Crippen molar-refractivity contribution in [1.82, 2.24) is 5.43 Å². The van der Waals surface area contributed by atoms with Crippen molar-refractivity contribution < 1.29 is 13.2 Å². The molecule has 0 saturated heterocycles. The van der Waals surface area contributed by atoms with Crippen molar-refractivity contribution in [3.05, 3.63) is 94.5 Å². The molecule has 6 nitrogen and oxygen atoms in total. The number of halogens is 1. The van der Waals surface area contributed by atoms with Crippen molar-refractivity contribution in [3.8, 4) is 0 Å². The summed E-state index contributed by atoms with van der Waals surface area (Å²) >= 11 is 6.06. The number of benzene rings is 3. The zero-order valence-electron chi connectivity index (χ0n) is 19.5. The fourth-order valence-corrected chi connectivity index (χ4v) is 5.61. The van der Waals surface area contributed by atoms with Gasteiger partial charge in [-0.1, -0.05) is 73.3 Å². The molecule has 8 heteroatoms. The second kappa shape index (κ2) is 11.1. The number of rotatable bonds is 7. The number of amides is 1. The van der Waals surface area contributed by atoms with Gasteiger partial charge < -0.3 is 0 Å². The van der Waals surface area contributed by atoms with Crippen LogP contribution < -0.4 is 10.1 Å². The van der Waals surface area contributed by atoms with Crippen LogP contribution in [-0.2, 0) is 10.0 Å². The van der Waals surface area contributed by atoms with E-state index in [4.69, 9.17) is 11.6 Å². The van der Waals surface area contributed by atoms with Crippen molar-refractivity contribution in [2.45, 2.75) is 49.8 Å². The van der Waals surface area contributed by atoms with E-state index in [2.05, 4.69) is 27.4 Å². The molecule has 0 spiro atoms. The third kappa shape index (κ3) is 6.29. The number of hydrogen-bond donors (Lipinski definition) is 2. The molecule has 0 aliphatic heterocycles. The molecule has 1 amide bonds. The molecule has 2 N–H and O–H groups in total. The van der Waals surface area contributed by atoms with Gasteiger partial charge in [0, 0.05) is 5.56 Å². The first kappa shape index (κ1) is 24.9.